The number of tetrazole rings is 1. The first-order chi connectivity index (χ1) is 9.43. The van der Waals surface area contributed by atoms with E-state index in [0.717, 1.165) is 37.8 Å². The molecule has 0 saturated carbocycles. The van der Waals surface area contributed by atoms with E-state index >= 15 is 0 Å². The predicted molar refractivity (Wildman–Crippen MR) is 79.1 cm³/mol. The topological polar surface area (TPSA) is 58.9 Å². The Kier molecular flexibility index (Phi) is 4.75. The van der Waals surface area contributed by atoms with E-state index in [4.69, 9.17) is 0 Å². The molecule has 0 radical (unpaired) electrons. The summed E-state index contributed by atoms with van der Waals surface area (Å²) in [6, 6.07) is 0.561. The van der Waals surface area contributed by atoms with E-state index in [-0.39, 0.29) is 5.54 Å². The van der Waals surface area contributed by atoms with Crippen molar-refractivity contribution in [1.82, 2.24) is 30.4 Å². The fourth-order valence-corrected chi connectivity index (χ4v) is 2.92. The number of hydrogen-bond acceptors (Lipinski definition) is 5. The van der Waals surface area contributed by atoms with E-state index in [0.29, 0.717) is 6.04 Å². The highest BCUT2D eigenvalue weighted by atomic mass is 15.6. The third-order valence-electron chi connectivity index (χ3n) is 4.38. The average molecular weight is 280 g/mol. The molecule has 2 atom stereocenters. The van der Waals surface area contributed by atoms with Crippen molar-refractivity contribution >= 4 is 0 Å². The van der Waals surface area contributed by atoms with Gasteiger partial charge in [-0.05, 0) is 30.9 Å². The molecule has 20 heavy (non-hydrogen) atoms. The SMILES string of the molecule is CCC1(C)CNC(CC(C)C)CN1Cc1nnn(C)n1. The van der Waals surface area contributed by atoms with E-state index in [2.05, 4.69) is 53.3 Å². The zero-order chi connectivity index (χ0) is 14.8. The van der Waals surface area contributed by atoms with Gasteiger partial charge in [-0.15, -0.1) is 10.2 Å². The zero-order valence-electron chi connectivity index (χ0n) is 13.4. The number of aromatic nitrogens is 4. The Bertz CT molecular complexity index is 429. The third-order valence-corrected chi connectivity index (χ3v) is 4.38. The summed E-state index contributed by atoms with van der Waals surface area (Å²) in [6.07, 6.45) is 2.33. The normalized spacial score (nSPS) is 28.2. The van der Waals surface area contributed by atoms with Crippen LogP contribution < -0.4 is 5.32 Å². The van der Waals surface area contributed by atoms with Crippen LogP contribution in [0.15, 0.2) is 0 Å². The van der Waals surface area contributed by atoms with Gasteiger partial charge in [0.15, 0.2) is 5.82 Å². The summed E-state index contributed by atoms with van der Waals surface area (Å²) in [7, 11) is 1.81. The lowest BCUT2D eigenvalue weighted by molar-refractivity contribution is 0.0350. The van der Waals surface area contributed by atoms with Crippen molar-refractivity contribution < 1.29 is 0 Å². The summed E-state index contributed by atoms with van der Waals surface area (Å²) in [5, 5.41) is 16.1. The quantitative estimate of drug-likeness (QED) is 0.878. The first-order valence-electron chi connectivity index (χ1n) is 7.64. The fraction of sp³-hybridized carbons (Fsp3) is 0.929. The molecule has 6 nitrogen and oxygen atoms in total. The van der Waals surface area contributed by atoms with Crippen molar-refractivity contribution in [2.24, 2.45) is 13.0 Å². The zero-order valence-corrected chi connectivity index (χ0v) is 13.4. The Balaban J connectivity index is 2.07. The Labute approximate surface area is 121 Å². The first-order valence-corrected chi connectivity index (χ1v) is 7.64. The minimum Gasteiger partial charge on any atom is -0.311 e. The molecule has 1 N–H and O–H groups in total. The summed E-state index contributed by atoms with van der Waals surface area (Å²) in [4.78, 5) is 4.06. The van der Waals surface area contributed by atoms with Crippen LogP contribution in [0.4, 0.5) is 0 Å². The lowest BCUT2D eigenvalue weighted by Gasteiger charge is -2.47. The van der Waals surface area contributed by atoms with Crippen LogP contribution >= 0.6 is 0 Å². The second-order valence-electron chi connectivity index (χ2n) is 6.63. The molecule has 0 aromatic carbocycles. The van der Waals surface area contributed by atoms with Gasteiger partial charge in [0, 0.05) is 24.7 Å². The Morgan fingerprint density at radius 1 is 1.45 bits per heavy atom. The second kappa shape index (κ2) is 6.18. The smallest absolute Gasteiger partial charge is 0.188 e. The van der Waals surface area contributed by atoms with Gasteiger partial charge in [0.05, 0.1) is 13.6 Å². The molecule has 2 unspecified atom stereocenters. The highest BCUT2D eigenvalue weighted by Gasteiger charge is 2.36. The average Bonchev–Trinajstić information content (AvgIpc) is 2.79. The van der Waals surface area contributed by atoms with Gasteiger partial charge >= 0.3 is 0 Å². The number of nitrogens with zero attached hydrogens (tertiary/aromatic N) is 5. The van der Waals surface area contributed by atoms with Gasteiger partial charge in [0.1, 0.15) is 0 Å². The highest BCUT2D eigenvalue weighted by Crippen LogP contribution is 2.25. The second-order valence-corrected chi connectivity index (χ2v) is 6.63. The molecule has 1 aliphatic rings. The van der Waals surface area contributed by atoms with Gasteiger partial charge in [-0.2, -0.15) is 4.80 Å². The van der Waals surface area contributed by atoms with Crippen molar-refractivity contribution in [2.45, 2.75) is 58.7 Å². The summed E-state index contributed by atoms with van der Waals surface area (Å²) in [6.45, 7) is 12.0. The van der Waals surface area contributed by atoms with Gasteiger partial charge in [-0.25, -0.2) is 0 Å². The van der Waals surface area contributed by atoms with Crippen molar-refractivity contribution in [2.75, 3.05) is 13.1 Å². The lowest BCUT2D eigenvalue weighted by Crippen LogP contribution is -2.62. The molecule has 1 saturated heterocycles. The maximum atomic E-state index is 4.32. The molecule has 2 rings (SSSR count). The summed E-state index contributed by atoms with van der Waals surface area (Å²) >= 11 is 0. The minimum absolute atomic E-state index is 0.173. The summed E-state index contributed by atoms with van der Waals surface area (Å²) < 4.78 is 0. The third kappa shape index (κ3) is 3.55. The molecule has 0 spiro atoms. The summed E-state index contributed by atoms with van der Waals surface area (Å²) in [5.41, 5.74) is 0.173. The molecule has 114 valence electrons. The van der Waals surface area contributed by atoms with Gasteiger partial charge in [0.25, 0.3) is 0 Å². The van der Waals surface area contributed by atoms with Crippen molar-refractivity contribution in [1.29, 1.82) is 0 Å². The number of hydrogen-bond donors (Lipinski definition) is 1. The molecule has 2 heterocycles. The Morgan fingerprint density at radius 2 is 2.20 bits per heavy atom. The molecular formula is C14H28N6. The van der Waals surface area contributed by atoms with Crippen LogP contribution in [0.2, 0.25) is 0 Å². The molecule has 0 bridgehead atoms. The lowest BCUT2D eigenvalue weighted by atomic mass is 9.90. The van der Waals surface area contributed by atoms with Crippen LogP contribution in [-0.2, 0) is 13.6 Å². The van der Waals surface area contributed by atoms with Gasteiger partial charge in [-0.1, -0.05) is 20.8 Å². The Hall–Kier alpha value is -1.01. The van der Waals surface area contributed by atoms with Crippen molar-refractivity contribution in [3.8, 4) is 0 Å². The standard InChI is InChI=1S/C14H28N6/c1-6-14(4)10-15-12(7-11(2)3)8-20(14)9-13-16-18-19(5)17-13/h11-12,15H,6-10H2,1-5H3. The van der Waals surface area contributed by atoms with Crippen LogP contribution in [0.3, 0.4) is 0 Å². The largest absolute Gasteiger partial charge is 0.311 e. The van der Waals surface area contributed by atoms with E-state index in [1.54, 1.807) is 0 Å². The van der Waals surface area contributed by atoms with Crippen LogP contribution in [0.1, 0.15) is 46.4 Å². The molecule has 1 aromatic heterocycles. The van der Waals surface area contributed by atoms with Gasteiger partial charge in [-0.3, -0.25) is 4.90 Å². The molecule has 0 amide bonds. The number of rotatable bonds is 5. The van der Waals surface area contributed by atoms with Crippen LogP contribution in [0, 0.1) is 5.92 Å². The van der Waals surface area contributed by atoms with Crippen LogP contribution in [0.5, 0.6) is 0 Å². The number of aryl methyl sites for hydroxylation is 1. The van der Waals surface area contributed by atoms with E-state index in [1.807, 2.05) is 7.05 Å². The minimum atomic E-state index is 0.173. The molecule has 1 fully saturated rings. The maximum Gasteiger partial charge on any atom is 0.188 e. The molecular weight excluding hydrogens is 252 g/mol. The summed E-state index contributed by atoms with van der Waals surface area (Å²) in [5.74, 6) is 1.53. The number of nitrogens with one attached hydrogen (secondary N) is 1. The molecule has 6 heteroatoms. The van der Waals surface area contributed by atoms with E-state index in [1.165, 1.54) is 11.2 Å². The Morgan fingerprint density at radius 3 is 2.75 bits per heavy atom. The predicted octanol–water partition coefficient (Wildman–Crippen LogP) is 1.20. The fourth-order valence-electron chi connectivity index (χ4n) is 2.92. The van der Waals surface area contributed by atoms with E-state index < -0.39 is 0 Å². The monoisotopic (exact) mass is 280 g/mol. The first kappa shape index (κ1) is 15.4. The van der Waals surface area contributed by atoms with Crippen molar-refractivity contribution in [3.63, 3.8) is 0 Å². The molecule has 0 aliphatic carbocycles. The molecule has 1 aliphatic heterocycles. The maximum absolute atomic E-state index is 4.32. The molecule has 1 aromatic rings. The van der Waals surface area contributed by atoms with Crippen molar-refractivity contribution in [3.05, 3.63) is 5.82 Å². The highest BCUT2D eigenvalue weighted by molar-refractivity contribution is 4.97. The van der Waals surface area contributed by atoms with E-state index in [9.17, 15) is 0 Å². The van der Waals surface area contributed by atoms with Gasteiger partial charge in [0.2, 0.25) is 0 Å². The van der Waals surface area contributed by atoms with Crippen LogP contribution in [0.25, 0.3) is 0 Å². The number of piperazine rings is 1. The van der Waals surface area contributed by atoms with Crippen LogP contribution in [-0.4, -0.2) is 49.8 Å². The van der Waals surface area contributed by atoms with Gasteiger partial charge < -0.3 is 5.32 Å².